The van der Waals surface area contributed by atoms with Crippen molar-refractivity contribution in [2.45, 2.75) is 46.8 Å². The number of nitrogens with zero attached hydrogens (tertiary/aromatic N) is 2. The average Bonchev–Trinajstić information content (AvgIpc) is 3.42. The Bertz CT molecular complexity index is 2070. The van der Waals surface area contributed by atoms with Crippen molar-refractivity contribution in [3.05, 3.63) is 139 Å². The maximum atomic E-state index is 6.17. The van der Waals surface area contributed by atoms with Crippen LogP contribution in [-0.2, 0) is 26.5 Å². The molecule has 0 atom stereocenters. The van der Waals surface area contributed by atoms with E-state index >= 15 is 0 Å². The Morgan fingerprint density at radius 3 is 2.15 bits per heavy atom. The van der Waals surface area contributed by atoms with Gasteiger partial charge in [-0.3, -0.25) is 0 Å². The molecular weight excluding hydrogens is 769 g/mol. The summed E-state index contributed by atoms with van der Waals surface area (Å²) in [5, 5.41) is 3.59. The van der Waals surface area contributed by atoms with E-state index in [1.54, 1.807) is 0 Å². The number of fused-ring (bicyclic) bond motifs is 3. The molecule has 3 heterocycles. The second-order valence-electron chi connectivity index (χ2n) is 14.0. The van der Waals surface area contributed by atoms with Gasteiger partial charge in [-0.2, -0.15) is 0 Å². The van der Waals surface area contributed by atoms with Gasteiger partial charge in [0.2, 0.25) is 0 Å². The van der Waals surface area contributed by atoms with Crippen molar-refractivity contribution in [3.63, 3.8) is 0 Å². The molecule has 0 N–H and O–H groups in total. The molecule has 7 aromatic rings. The number of furan rings is 1. The summed E-state index contributed by atoms with van der Waals surface area (Å²) in [6.45, 7) is 13.8. The predicted molar refractivity (Wildman–Crippen MR) is 196 cm³/mol. The maximum absolute atomic E-state index is 6.17. The minimum absolute atomic E-state index is 0. The summed E-state index contributed by atoms with van der Waals surface area (Å²) in [6, 6.07) is 44.0. The van der Waals surface area contributed by atoms with Crippen LogP contribution in [0.25, 0.3) is 55.6 Å². The van der Waals surface area contributed by atoms with E-state index in [1.807, 2.05) is 48.8 Å². The second-order valence-corrected chi connectivity index (χ2v) is 19.1. The molecule has 0 amide bonds. The van der Waals surface area contributed by atoms with E-state index in [-0.39, 0.29) is 25.5 Å². The zero-order valence-electron chi connectivity index (χ0n) is 27.9. The molecule has 47 heavy (non-hydrogen) atoms. The van der Waals surface area contributed by atoms with Crippen LogP contribution in [0.3, 0.4) is 0 Å². The van der Waals surface area contributed by atoms with Gasteiger partial charge in [0.05, 0.1) is 13.7 Å². The van der Waals surface area contributed by atoms with Crippen LogP contribution in [0.1, 0.15) is 26.3 Å². The quantitative estimate of drug-likeness (QED) is 0.128. The van der Waals surface area contributed by atoms with Crippen molar-refractivity contribution in [1.29, 1.82) is 0 Å². The molecule has 4 aromatic carbocycles. The van der Waals surface area contributed by atoms with Crippen molar-refractivity contribution >= 4 is 35.2 Å². The number of rotatable bonds is 5. The second kappa shape index (κ2) is 14.3. The fourth-order valence-corrected chi connectivity index (χ4v) is 6.60. The molecule has 0 bridgehead atoms. The largest absolute Gasteiger partial charge is 0.476 e. The molecule has 7 rings (SSSR count). The van der Waals surface area contributed by atoms with Crippen molar-refractivity contribution in [1.82, 2.24) is 9.97 Å². The number of pyridine rings is 2. The summed E-state index contributed by atoms with van der Waals surface area (Å²) in [5.41, 5.74) is 9.63. The Hall–Kier alpha value is -4.15. The van der Waals surface area contributed by atoms with Gasteiger partial charge in [0.1, 0.15) is 5.58 Å². The monoisotopic (exact) mass is 809 g/mol. The van der Waals surface area contributed by atoms with Crippen LogP contribution >= 0.6 is 0 Å². The van der Waals surface area contributed by atoms with E-state index in [0.717, 1.165) is 50.9 Å². The van der Waals surface area contributed by atoms with Crippen LogP contribution < -0.4 is 5.19 Å². The number of aromatic nitrogens is 2. The van der Waals surface area contributed by atoms with E-state index in [0.29, 0.717) is 0 Å². The van der Waals surface area contributed by atoms with Gasteiger partial charge in [0, 0.05) is 32.5 Å². The zero-order valence-corrected chi connectivity index (χ0v) is 31.3. The van der Waals surface area contributed by atoms with E-state index < -0.39 is 8.07 Å². The Balaban J connectivity index is 0.000000217. The van der Waals surface area contributed by atoms with Gasteiger partial charge in [0.25, 0.3) is 0 Å². The van der Waals surface area contributed by atoms with E-state index in [2.05, 4.69) is 135 Å². The fourth-order valence-electron chi connectivity index (χ4n) is 5.57. The first-order valence-corrected chi connectivity index (χ1v) is 19.4. The van der Waals surface area contributed by atoms with Gasteiger partial charge in [-0.25, -0.2) is 0 Å². The summed E-state index contributed by atoms with van der Waals surface area (Å²) in [6.07, 6.45) is 4.92. The Kier molecular flexibility index (Phi) is 10.4. The Morgan fingerprint density at radius 2 is 1.47 bits per heavy atom. The molecule has 1 radical (unpaired) electrons. The topological polar surface area (TPSA) is 38.9 Å². The van der Waals surface area contributed by atoms with Crippen LogP contribution in [0.2, 0.25) is 19.6 Å². The van der Waals surface area contributed by atoms with Gasteiger partial charge < -0.3 is 14.4 Å². The molecule has 0 saturated heterocycles. The first-order chi connectivity index (χ1) is 22.0. The van der Waals surface area contributed by atoms with Crippen LogP contribution in [0.4, 0.5) is 0 Å². The Labute approximate surface area is 293 Å². The molecule has 3 nitrogen and oxygen atoms in total. The first kappa shape index (κ1) is 34.2. The molecule has 0 aliphatic carbocycles. The van der Waals surface area contributed by atoms with Gasteiger partial charge >= 0.3 is 0 Å². The van der Waals surface area contributed by atoms with Crippen molar-refractivity contribution in [3.8, 4) is 33.6 Å². The number of hydrogen-bond donors (Lipinski definition) is 0. The first-order valence-electron chi connectivity index (χ1n) is 15.9. The molecule has 0 saturated carbocycles. The summed E-state index contributed by atoms with van der Waals surface area (Å²) in [5.74, 6) is 0. The zero-order chi connectivity index (χ0) is 32.3. The van der Waals surface area contributed by atoms with Crippen LogP contribution in [-0.4, -0.2) is 18.0 Å². The summed E-state index contributed by atoms with van der Waals surface area (Å²) < 4.78 is 6.17. The summed E-state index contributed by atoms with van der Waals surface area (Å²) in [4.78, 5) is 9.10. The van der Waals surface area contributed by atoms with Gasteiger partial charge in [-0.1, -0.05) is 118 Å². The molecule has 0 aliphatic rings. The fraction of sp³-hybridized carbons (Fsp3) is 0.190. The molecule has 239 valence electrons. The third kappa shape index (κ3) is 8.42. The van der Waals surface area contributed by atoms with E-state index in [4.69, 9.17) is 4.42 Å². The van der Waals surface area contributed by atoms with Gasteiger partial charge in [-0.15, -0.1) is 53.6 Å². The Morgan fingerprint density at radius 1 is 0.681 bits per heavy atom. The van der Waals surface area contributed by atoms with Gasteiger partial charge in [0.15, 0.2) is 0 Å². The SMILES string of the molecule is CC(C)(C)Cc1ccnc(-c2[c-]cc3c(c2)oc2ccc(-c4ccccc4)cc23)c1.C[Si](C)(C)c1ccc(-c2[c-]cccc2)nc1.[Ir]. The molecule has 3 aromatic heterocycles. The minimum atomic E-state index is -1.23. The third-order valence-electron chi connectivity index (χ3n) is 7.96. The molecule has 0 unspecified atom stereocenters. The van der Waals surface area contributed by atoms with Crippen LogP contribution in [0.5, 0.6) is 0 Å². The van der Waals surface area contributed by atoms with Crippen molar-refractivity contribution < 1.29 is 24.5 Å². The molecule has 0 spiro atoms. The predicted octanol–water partition coefficient (Wildman–Crippen LogP) is 10.8. The van der Waals surface area contributed by atoms with Crippen LogP contribution in [0, 0.1) is 17.5 Å². The van der Waals surface area contributed by atoms with Crippen molar-refractivity contribution in [2.75, 3.05) is 0 Å². The van der Waals surface area contributed by atoms with E-state index in [9.17, 15) is 0 Å². The summed E-state index contributed by atoms with van der Waals surface area (Å²) >= 11 is 0. The standard InChI is InChI=1S/C28H24NO.C14H16NSi.Ir/c1-28(2,3)18-19-13-14-29-25(15-19)22-9-11-23-24-16-21(20-7-5-4-6-8-20)10-12-26(24)30-27(23)17-22;1-16(2,3)13-9-10-14(15-11-13)12-7-5-4-6-8-12;/h4-8,10-17H,18H2,1-3H3;4-7,9-11H,1-3H3;/q2*-1;. The average molecular weight is 809 g/mol. The number of benzene rings is 4. The minimum Gasteiger partial charge on any atom is -0.476 e. The number of hydrogen-bond acceptors (Lipinski definition) is 3. The molecular formula is C42H40IrN2OSi-2. The molecule has 0 aliphatic heterocycles. The van der Waals surface area contributed by atoms with Crippen LogP contribution in [0.15, 0.2) is 126 Å². The molecule has 5 heteroatoms. The van der Waals surface area contributed by atoms with Gasteiger partial charge in [-0.05, 0) is 57.1 Å². The van der Waals surface area contributed by atoms with Crippen molar-refractivity contribution in [2.24, 2.45) is 5.41 Å². The third-order valence-corrected chi connectivity index (χ3v) is 9.99. The summed E-state index contributed by atoms with van der Waals surface area (Å²) in [7, 11) is -1.23. The van der Waals surface area contributed by atoms with E-state index in [1.165, 1.54) is 21.9 Å². The smallest absolute Gasteiger partial charge is 0.123 e. The normalized spacial score (nSPS) is 11.5. The molecule has 0 fully saturated rings. The maximum Gasteiger partial charge on any atom is 0.123 e.